The number of unbranched alkanes of at least 4 members (excludes halogenated alkanes) is 5. The molecule has 210 valence electrons. The molecule has 0 bridgehead atoms. The van der Waals surface area contributed by atoms with Crippen LogP contribution in [0.3, 0.4) is 0 Å². The summed E-state index contributed by atoms with van der Waals surface area (Å²) in [5, 5.41) is 0. The Morgan fingerprint density at radius 3 is 1.36 bits per heavy atom. The summed E-state index contributed by atoms with van der Waals surface area (Å²) in [6, 6.07) is 0. The summed E-state index contributed by atoms with van der Waals surface area (Å²) >= 11 is 2.48. The number of esters is 2. The molecule has 2 aliphatic heterocycles. The number of piperidine rings is 2. The maximum absolute atomic E-state index is 12.4. The van der Waals surface area contributed by atoms with Crippen LogP contribution >= 0.6 is 22.6 Å². The summed E-state index contributed by atoms with van der Waals surface area (Å²) in [7, 11) is 4.32. The molecule has 0 amide bonds. The van der Waals surface area contributed by atoms with Gasteiger partial charge in [0.05, 0.1) is 3.55 Å². The normalized spacial score (nSPS) is 28.6. The van der Waals surface area contributed by atoms with Gasteiger partial charge < -0.3 is 9.47 Å². The summed E-state index contributed by atoms with van der Waals surface area (Å²) < 4.78 is 11.7. The number of halogens is 1. The van der Waals surface area contributed by atoms with E-state index >= 15 is 0 Å². The highest BCUT2D eigenvalue weighted by Crippen LogP contribution is 2.42. The van der Waals surface area contributed by atoms with Gasteiger partial charge in [0.25, 0.3) is 0 Å². The molecule has 6 nitrogen and oxygen atoms in total. The third-order valence-electron chi connectivity index (χ3n) is 8.81. The number of carbonyl (C=O) groups excluding carboxylic acids is 2. The SMILES string of the molecule is CN1C(C)(C)CC(OC(=O)CCCCCCCCC(=O)OC2CC(C)(C)N(C)C(C)(I)C2)CC1(C)C. The lowest BCUT2D eigenvalue weighted by Crippen LogP contribution is -2.60. The van der Waals surface area contributed by atoms with Gasteiger partial charge in [-0.1, -0.05) is 48.3 Å². The van der Waals surface area contributed by atoms with Crippen molar-refractivity contribution in [1.29, 1.82) is 0 Å². The van der Waals surface area contributed by atoms with Crippen LogP contribution in [0.4, 0.5) is 0 Å². The monoisotopic (exact) mass is 620 g/mol. The Morgan fingerprint density at radius 1 is 0.639 bits per heavy atom. The molecule has 2 unspecified atom stereocenters. The second-order valence-corrected chi connectivity index (χ2v) is 15.7. The van der Waals surface area contributed by atoms with Gasteiger partial charge in [-0.25, -0.2) is 0 Å². The van der Waals surface area contributed by atoms with Crippen LogP contribution in [-0.2, 0) is 19.1 Å². The number of hydrogen-bond acceptors (Lipinski definition) is 6. The molecule has 0 saturated carbocycles. The number of carbonyl (C=O) groups is 2. The van der Waals surface area contributed by atoms with Crippen molar-refractivity contribution < 1.29 is 19.1 Å². The van der Waals surface area contributed by atoms with Gasteiger partial charge in [-0.15, -0.1) is 0 Å². The summed E-state index contributed by atoms with van der Waals surface area (Å²) in [6.45, 7) is 15.6. The minimum atomic E-state index is -0.0597. The van der Waals surface area contributed by atoms with Crippen LogP contribution in [0.1, 0.15) is 126 Å². The van der Waals surface area contributed by atoms with E-state index in [0.29, 0.717) is 12.8 Å². The van der Waals surface area contributed by atoms with Crippen molar-refractivity contribution in [3.05, 3.63) is 0 Å². The predicted molar refractivity (Wildman–Crippen MR) is 155 cm³/mol. The van der Waals surface area contributed by atoms with Crippen molar-refractivity contribution in [2.75, 3.05) is 14.1 Å². The third kappa shape index (κ3) is 9.11. The highest BCUT2D eigenvalue weighted by atomic mass is 127. The number of alkyl halides is 1. The van der Waals surface area contributed by atoms with Crippen LogP contribution in [0.15, 0.2) is 0 Å². The maximum Gasteiger partial charge on any atom is 0.306 e. The van der Waals surface area contributed by atoms with Gasteiger partial charge in [0.15, 0.2) is 0 Å². The molecule has 2 rings (SSSR count). The highest BCUT2D eigenvalue weighted by molar-refractivity contribution is 14.1. The Kier molecular flexibility index (Phi) is 11.2. The second kappa shape index (κ2) is 12.6. The summed E-state index contributed by atoms with van der Waals surface area (Å²) in [5.41, 5.74) is 0.0734. The number of ether oxygens (including phenoxy) is 2. The zero-order valence-corrected chi connectivity index (χ0v) is 26.7. The van der Waals surface area contributed by atoms with Gasteiger partial charge in [0, 0.05) is 55.1 Å². The van der Waals surface area contributed by atoms with Gasteiger partial charge >= 0.3 is 11.9 Å². The van der Waals surface area contributed by atoms with Gasteiger partial charge in [0.1, 0.15) is 12.2 Å². The fourth-order valence-electron chi connectivity index (χ4n) is 6.13. The van der Waals surface area contributed by atoms with Crippen molar-refractivity contribution in [2.24, 2.45) is 0 Å². The van der Waals surface area contributed by atoms with E-state index in [0.717, 1.165) is 64.2 Å². The molecule has 2 heterocycles. The lowest BCUT2D eigenvalue weighted by Gasteiger charge is -2.53. The molecule has 0 aliphatic carbocycles. The largest absolute Gasteiger partial charge is 0.462 e. The van der Waals surface area contributed by atoms with Crippen LogP contribution in [0.5, 0.6) is 0 Å². The van der Waals surface area contributed by atoms with Crippen LogP contribution in [0.25, 0.3) is 0 Å². The fourth-order valence-corrected chi connectivity index (χ4v) is 7.28. The Bertz CT molecular complexity index is 652. The first kappa shape index (κ1) is 31.8. The van der Waals surface area contributed by atoms with Gasteiger partial charge in [-0.3, -0.25) is 19.4 Å². The minimum absolute atomic E-state index is 0.00276. The average Bonchev–Trinajstić information content (AvgIpc) is 2.71. The van der Waals surface area contributed by atoms with E-state index in [1.165, 1.54) is 0 Å². The van der Waals surface area contributed by atoms with Gasteiger partial charge in [-0.05, 0) is 75.4 Å². The van der Waals surface area contributed by atoms with E-state index in [1.807, 2.05) is 0 Å². The number of likely N-dealkylation sites (tertiary alicyclic amines) is 2. The molecule has 0 spiro atoms. The van der Waals surface area contributed by atoms with Gasteiger partial charge in [-0.2, -0.15) is 0 Å². The van der Waals surface area contributed by atoms with Crippen LogP contribution < -0.4 is 0 Å². The molecule has 0 radical (unpaired) electrons. The Labute approximate surface area is 234 Å². The van der Waals surface area contributed by atoms with Crippen molar-refractivity contribution in [2.45, 2.75) is 158 Å². The Morgan fingerprint density at radius 2 is 0.972 bits per heavy atom. The molecular weight excluding hydrogens is 567 g/mol. The molecule has 2 atom stereocenters. The molecule has 2 fully saturated rings. The average molecular weight is 621 g/mol. The second-order valence-electron chi connectivity index (χ2n) is 13.4. The first-order valence-electron chi connectivity index (χ1n) is 14.0. The van der Waals surface area contributed by atoms with E-state index in [9.17, 15) is 9.59 Å². The molecule has 2 saturated heterocycles. The summed E-state index contributed by atoms with van der Waals surface area (Å²) in [6.07, 6.45) is 10.5. The molecule has 0 aromatic heterocycles. The quantitative estimate of drug-likeness (QED) is 0.0827. The minimum Gasteiger partial charge on any atom is -0.462 e. The zero-order valence-electron chi connectivity index (χ0n) is 24.5. The smallest absolute Gasteiger partial charge is 0.306 e. The number of rotatable bonds is 11. The highest BCUT2D eigenvalue weighted by Gasteiger charge is 2.46. The van der Waals surface area contributed by atoms with Crippen LogP contribution in [0.2, 0.25) is 0 Å². The van der Waals surface area contributed by atoms with E-state index in [4.69, 9.17) is 9.47 Å². The molecular formula is C29H53IN2O4. The fraction of sp³-hybridized carbons (Fsp3) is 0.931. The number of nitrogens with zero attached hydrogens (tertiary/aromatic N) is 2. The van der Waals surface area contributed by atoms with E-state index in [2.05, 4.69) is 95.0 Å². The van der Waals surface area contributed by atoms with Crippen molar-refractivity contribution in [3.63, 3.8) is 0 Å². The summed E-state index contributed by atoms with van der Waals surface area (Å²) in [4.78, 5) is 29.6. The number of hydrogen-bond donors (Lipinski definition) is 0. The van der Waals surface area contributed by atoms with Crippen molar-refractivity contribution in [3.8, 4) is 0 Å². The van der Waals surface area contributed by atoms with Crippen molar-refractivity contribution >= 4 is 34.5 Å². The van der Waals surface area contributed by atoms with Crippen molar-refractivity contribution in [1.82, 2.24) is 9.80 Å². The molecule has 2 aliphatic rings. The first-order valence-corrected chi connectivity index (χ1v) is 15.1. The van der Waals surface area contributed by atoms with Gasteiger partial charge in [0.2, 0.25) is 0 Å². The molecule has 0 aromatic rings. The first-order chi connectivity index (χ1) is 16.5. The van der Waals surface area contributed by atoms with E-state index in [-0.39, 0.29) is 44.3 Å². The third-order valence-corrected chi connectivity index (χ3v) is 9.98. The lowest BCUT2D eigenvalue weighted by molar-refractivity contribution is -0.159. The molecule has 7 heteroatoms. The molecule has 0 aromatic carbocycles. The maximum atomic E-state index is 12.4. The lowest BCUT2D eigenvalue weighted by atomic mass is 9.79. The summed E-state index contributed by atoms with van der Waals surface area (Å²) in [5.74, 6) is -0.117. The Balaban J connectivity index is 1.54. The Hall–Kier alpha value is -0.410. The van der Waals surface area contributed by atoms with Crippen LogP contribution in [-0.4, -0.2) is 68.2 Å². The van der Waals surface area contributed by atoms with E-state index < -0.39 is 0 Å². The predicted octanol–water partition coefficient (Wildman–Crippen LogP) is 6.87. The van der Waals surface area contributed by atoms with E-state index in [1.54, 1.807) is 0 Å². The zero-order chi connectivity index (χ0) is 27.4. The molecule has 36 heavy (non-hydrogen) atoms. The molecule has 0 N–H and O–H groups in total. The topological polar surface area (TPSA) is 59.1 Å². The van der Waals surface area contributed by atoms with Crippen LogP contribution in [0, 0.1) is 0 Å². The standard InChI is InChI=1S/C29H53IN2O4/c1-26(2)18-22(19-27(3,4)31(26)8)35-24(33)16-14-12-10-11-13-15-17-25(34)36-23-20-28(5,6)32(9)29(7,30)21-23/h22-23H,10-21H2,1-9H3.